The fourth-order valence-electron chi connectivity index (χ4n) is 2.67. The van der Waals surface area contributed by atoms with Crippen molar-refractivity contribution >= 4 is 27.3 Å². The van der Waals surface area contributed by atoms with Gasteiger partial charge in [-0.15, -0.1) is 11.3 Å². The van der Waals surface area contributed by atoms with Crippen LogP contribution in [-0.2, 0) is 16.6 Å². The predicted molar refractivity (Wildman–Crippen MR) is 110 cm³/mol. The maximum Gasteiger partial charge on any atom is 0.255 e. The van der Waals surface area contributed by atoms with Gasteiger partial charge in [-0.25, -0.2) is 13.4 Å². The number of carbonyl (C=O) groups excluding carboxylic acids is 1. The molecule has 0 saturated heterocycles. The zero-order chi connectivity index (χ0) is 20.9. The molecule has 0 atom stereocenters. The maximum absolute atomic E-state index is 12.8. The monoisotopic (exact) mass is 425 g/mol. The number of nitrogens with zero attached hydrogens (tertiary/aromatic N) is 2. The van der Waals surface area contributed by atoms with Crippen molar-refractivity contribution in [1.29, 1.82) is 0 Å². The van der Waals surface area contributed by atoms with Gasteiger partial charge in [0.1, 0.15) is 5.75 Å². The van der Waals surface area contributed by atoms with Crippen molar-refractivity contribution < 1.29 is 17.9 Å². The van der Waals surface area contributed by atoms with Gasteiger partial charge in [0.05, 0.1) is 34.8 Å². The summed E-state index contributed by atoms with van der Waals surface area (Å²) in [5.41, 5.74) is 0.947. The van der Waals surface area contributed by atoms with Crippen LogP contribution in [0.2, 0.25) is 0 Å². The maximum atomic E-state index is 12.8. The highest BCUT2D eigenvalue weighted by Crippen LogP contribution is 2.25. The average Bonchev–Trinajstić information content (AvgIpc) is 3.15. The van der Waals surface area contributed by atoms with Crippen LogP contribution in [0.15, 0.2) is 28.5 Å². The summed E-state index contributed by atoms with van der Waals surface area (Å²) >= 11 is 1.55. The summed E-state index contributed by atoms with van der Waals surface area (Å²) < 4.78 is 32.1. The number of hydrogen-bond acceptors (Lipinski definition) is 6. The molecule has 1 aromatic heterocycles. The number of carbonyl (C=O) groups is 1. The molecular formula is C19H27N3O4S2. The summed E-state index contributed by atoms with van der Waals surface area (Å²) in [5.74, 6) is 0.237. The van der Waals surface area contributed by atoms with Crippen LogP contribution in [0.3, 0.4) is 0 Å². The van der Waals surface area contributed by atoms with Crippen LogP contribution < -0.4 is 10.1 Å². The second-order valence-electron chi connectivity index (χ2n) is 6.47. The van der Waals surface area contributed by atoms with E-state index in [2.05, 4.69) is 24.1 Å². The normalized spacial score (nSPS) is 11.8. The molecule has 0 spiro atoms. The van der Waals surface area contributed by atoms with E-state index in [-0.39, 0.29) is 17.0 Å². The molecule has 154 valence electrons. The number of methoxy groups -OCH3 is 1. The lowest BCUT2D eigenvalue weighted by molar-refractivity contribution is 0.0947. The Morgan fingerprint density at radius 1 is 1.29 bits per heavy atom. The molecule has 0 bridgehead atoms. The zero-order valence-electron chi connectivity index (χ0n) is 16.9. The van der Waals surface area contributed by atoms with Crippen molar-refractivity contribution in [3.05, 3.63) is 39.8 Å². The Hall–Kier alpha value is -1.97. The highest BCUT2D eigenvalue weighted by Gasteiger charge is 2.24. The van der Waals surface area contributed by atoms with Crippen LogP contribution in [-0.4, -0.2) is 43.8 Å². The Balaban J connectivity index is 2.26. The van der Waals surface area contributed by atoms with E-state index in [9.17, 15) is 13.2 Å². The van der Waals surface area contributed by atoms with Crippen molar-refractivity contribution in [3.8, 4) is 5.75 Å². The number of amides is 1. The van der Waals surface area contributed by atoms with Crippen molar-refractivity contribution in [3.63, 3.8) is 0 Å². The van der Waals surface area contributed by atoms with Gasteiger partial charge in [0, 0.05) is 24.4 Å². The largest absolute Gasteiger partial charge is 0.496 e. The Labute approximate surface area is 170 Å². The molecule has 1 amide bonds. The number of sulfonamides is 1. The van der Waals surface area contributed by atoms with Crippen LogP contribution in [0.4, 0.5) is 0 Å². The van der Waals surface area contributed by atoms with Gasteiger partial charge in [0.15, 0.2) is 0 Å². The van der Waals surface area contributed by atoms with Crippen LogP contribution in [0, 0.1) is 0 Å². The standard InChI is InChI=1S/C19H27N3O4S2/c1-6-22(7-2)28(24,25)15-8-9-17(26-5)16(10-15)18(23)20-11-14-12-27-19(21-14)13(3)4/h8-10,12-13H,6-7,11H2,1-5H3,(H,20,23). The molecule has 0 radical (unpaired) electrons. The zero-order valence-corrected chi connectivity index (χ0v) is 18.5. The van der Waals surface area contributed by atoms with Gasteiger partial charge in [-0.05, 0) is 18.2 Å². The average molecular weight is 426 g/mol. The number of benzene rings is 1. The van der Waals surface area contributed by atoms with Gasteiger partial charge in [-0.1, -0.05) is 27.7 Å². The van der Waals surface area contributed by atoms with Crippen molar-refractivity contribution in [2.45, 2.75) is 45.1 Å². The molecule has 0 fully saturated rings. The first-order valence-corrected chi connectivity index (χ1v) is 11.5. The Morgan fingerprint density at radius 3 is 2.50 bits per heavy atom. The van der Waals surface area contributed by atoms with Crippen molar-refractivity contribution in [2.24, 2.45) is 0 Å². The lowest BCUT2D eigenvalue weighted by Crippen LogP contribution is -2.31. The predicted octanol–water partition coefficient (Wildman–Crippen LogP) is 3.24. The fraction of sp³-hybridized carbons (Fsp3) is 0.474. The first-order valence-electron chi connectivity index (χ1n) is 9.15. The van der Waals surface area contributed by atoms with Gasteiger partial charge < -0.3 is 10.1 Å². The minimum absolute atomic E-state index is 0.0675. The van der Waals surface area contributed by atoms with Gasteiger partial charge in [0.2, 0.25) is 10.0 Å². The molecule has 7 nitrogen and oxygen atoms in total. The first kappa shape index (κ1) is 22.3. The highest BCUT2D eigenvalue weighted by atomic mass is 32.2. The van der Waals surface area contributed by atoms with Crippen molar-refractivity contribution in [1.82, 2.24) is 14.6 Å². The van der Waals surface area contributed by atoms with Crippen LogP contribution >= 0.6 is 11.3 Å². The van der Waals surface area contributed by atoms with E-state index in [0.29, 0.717) is 24.8 Å². The number of nitrogens with one attached hydrogen (secondary N) is 1. The van der Waals surface area contributed by atoms with Crippen LogP contribution in [0.1, 0.15) is 54.7 Å². The molecule has 2 aromatic rings. The molecule has 0 unspecified atom stereocenters. The van der Waals surface area contributed by atoms with E-state index < -0.39 is 15.9 Å². The molecule has 0 saturated carbocycles. The molecule has 9 heteroatoms. The number of aromatic nitrogens is 1. The third-order valence-corrected chi connectivity index (χ3v) is 7.49. The number of thiazole rings is 1. The molecule has 0 aliphatic heterocycles. The Kier molecular flexibility index (Phi) is 7.56. The summed E-state index contributed by atoms with van der Waals surface area (Å²) in [4.78, 5) is 17.3. The minimum atomic E-state index is -3.67. The van der Waals surface area contributed by atoms with E-state index in [0.717, 1.165) is 10.7 Å². The van der Waals surface area contributed by atoms with Gasteiger partial charge in [-0.2, -0.15) is 4.31 Å². The molecule has 2 rings (SSSR count). The summed E-state index contributed by atoms with van der Waals surface area (Å²) in [7, 11) is -2.22. The lowest BCUT2D eigenvalue weighted by atomic mass is 10.2. The van der Waals surface area contributed by atoms with E-state index >= 15 is 0 Å². The molecule has 0 aliphatic carbocycles. The van der Waals surface area contributed by atoms with Crippen LogP contribution in [0.25, 0.3) is 0 Å². The third kappa shape index (κ3) is 4.89. The fourth-order valence-corrected chi connectivity index (χ4v) is 4.99. The molecule has 1 aromatic carbocycles. The number of hydrogen-bond donors (Lipinski definition) is 1. The lowest BCUT2D eigenvalue weighted by Gasteiger charge is -2.19. The first-order chi connectivity index (χ1) is 13.2. The van der Waals surface area contributed by atoms with E-state index in [4.69, 9.17) is 4.74 Å². The van der Waals surface area contributed by atoms with E-state index in [1.165, 1.54) is 29.6 Å². The smallest absolute Gasteiger partial charge is 0.255 e. The molecule has 1 heterocycles. The second kappa shape index (κ2) is 9.49. The topological polar surface area (TPSA) is 88.6 Å². The van der Waals surface area contributed by atoms with Gasteiger partial charge in [0.25, 0.3) is 5.91 Å². The summed E-state index contributed by atoms with van der Waals surface area (Å²) in [6.07, 6.45) is 0. The summed E-state index contributed by atoms with van der Waals surface area (Å²) in [5, 5.41) is 5.71. The summed E-state index contributed by atoms with van der Waals surface area (Å²) in [6.45, 7) is 8.65. The van der Waals surface area contributed by atoms with Gasteiger partial charge >= 0.3 is 0 Å². The highest BCUT2D eigenvalue weighted by molar-refractivity contribution is 7.89. The quantitative estimate of drug-likeness (QED) is 0.666. The SMILES string of the molecule is CCN(CC)S(=O)(=O)c1ccc(OC)c(C(=O)NCc2csc(C(C)C)n2)c1. The van der Waals surface area contributed by atoms with Gasteiger partial charge in [-0.3, -0.25) is 4.79 Å². The molecule has 1 N–H and O–H groups in total. The molecule has 28 heavy (non-hydrogen) atoms. The van der Waals surface area contributed by atoms with Crippen molar-refractivity contribution in [2.75, 3.05) is 20.2 Å². The Bertz CT molecular complexity index is 919. The van der Waals surface area contributed by atoms with E-state index in [1.807, 2.05) is 5.38 Å². The number of rotatable bonds is 9. The Morgan fingerprint density at radius 2 is 1.96 bits per heavy atom. The van der Waals surface area contributed by atoms with Crippen LogP contribution in [0.5, 0.6) is 5.75 Å². The number of ether oxygens (including phenoxy) is 1. The molecular weight excluding hydrogens is 398 g/mol. The third-order valence-electron chi connectivity index (χ3n) is 4.25. The minimum Gasteiger partial charge on any atom is -0.496 e. The molecule has 0 aliphatic rings. The van der Waals surface area contributed by atoms with E-state index in [1.54, 1.807) is 25.2 Å². The second-order valence-corrected chi connectivity index (χ2v) is 9.29. The summed E-state index contributed by atoms with van der Waals surface area (Å²) in [6, 6.07) is 4.33.